The smallest absolute Gasteiger partial charge is 0.218 e. The van der Waals surface area contributed by atoms with Crippen LogP contribution in [0.1, 0.15) is 18.9 Å². The molecule has 3 N–H and O–H groups in total. The van der Waals surface area contributed by atoms with Gasteiger partial charge in [0.15, 0.2) is 0 Å². The number of carbonyl (C=O) groups is 1. The zero-order valence-corrected chi connectivity index (χ0v) is 10.4. The molecule has 17 heavy (non-hydrogen) atoms. The Balaban J connectivity index is 2.34. The van der Waals surface area contributed by atoms with E-state index in [9.17, 15) is 4.79 Å². The zero-order valence-electron chi connectivity index (χ0n) is 10.4. The van der Waals surface area contributed by atoms with Crippen LogP contribution in [0.25, 0.3) is 0 Å². The van der Waals surface area contributed by atoms with Gasteiger partial charge in [-0.3, -0.25) is 4.79 Å². The lowest BCUT2D eigenvalue weighted by molar-refractivity contribution is -0.117. The van der Waals surface area contributed by atoms with Crippen LogP contribution < -0.4 is 15.8 Å². The van der Waals surface area contributed by atoms with E-state index in [1.165, 1.54) is 5.56 Å². The Morgan fingerprint density at radius 1 is 1.41 bits per heavy atom. The molecule has 0 fully saturated rings. The number of amides is 1. The fourth-order valence-corrected chi connectivity index (χ4v) is 1.63. The Hall–Kier alpha value is -1.55. The van der Waals surface area contributed by atoms with Gasteiger partial charge < -0.3 is 15.8 Å². The molecule has 0 bridgehead atoms. The van der Waals surface area contributed by atoms with E-state index in [2.05, 4.69) is 12.2 Å². The van der Waals surface area contributed by atoms with Crippen LogP contribution in [0.4, 0.5) is 0 Å². The molecule has 4 nitrogen and oxygen atoms in total. The third-order valence-electron chi connectivity index (χ3n) is 2.57. The molecule has 4 heteroatoms. The van der Waals surface area contributed by atoms with E-state index >= 15 is 0 Å². The largest absolute Gasteiger partial charge is 0.497 e. The monoisotopic (exact) mass is 236 g/mol. The van der Waals surface area contributed by atoms with Gasteiger partial charge in [-0.15, -0.1) is 0 Å². The van der Waals surface area contributed by atoms with Gasteiger partial charge in [-0.05, 0) is 31.0 Å². The number of primary amides is 1. The minimum Gasteiger partial charge on any atom is -0.497 e. The molecule has 1 unspecified atom stereocenters. The fourth-order valence-electron chi connectivity index (χ4n) is 1.63. The topological polar surface area (TPSA) is 64.3 Å². The van der Waals surface area contributed by atoms with E-state index in [1.54, 1.807) is 7.11 Å². The molecule has 1 aromatic rings. The standard InChI is InChI=1S/C13H20N2O2/c1-10(15-8-7-13(14)16)9-11-3-5-12(17-2)6-4-11/h3-6,10,15H,7-9H2,1-2H3,(H2,14,16). The molecule has 0 aliphatic carbocycles. The first-order chi connectivity index (χ1) is 8.11. The number of ether oxygens (including phenoxy) is 1. The van der Waals surface area contributed by atoms with Crippen molar-refractivity contribution >= 4 is 5.91 Å². The summed E-state index contributed by atoms with van der Waals surface area (Å²) in [7, 11) is 1.66. The van der Waals surface area contributed by atoms with Crippen molar-refractivity contribution in [1.82, 2.24) is 5.32 Å². The maximum atomic E-state index is 10.6. The predicted molar refractivity (Wildman–Crippen MR) is 68.0 cm³/mol. The average molecular weight is 236 g/mol. The number of rotatable bonds is 7. The SMILES string of the molecule is COc1ccc(CC(C)NCCC(N)=O)cc1. The van der Waals surface area contributed by atoms with Crippen LogP contribution in [0.2, 0.25) is 0 Å². The lowest BCUT2D eigenvalue weighted by Gasteiger charge is -2.13. The molecule has 1 amide bonds. The summed E-state index contributed by atoms with van der Waals surface area (Å²) in [6.07, 6.45) is 1.30. The van der Waals surface area contributed by atoms with Gasteiger partial charge in [-0.25, -0.2) is 0 Å². The van der Waals surface area contributed by atoms with E-state index in [0.29, 0.717) is 19.0 Å². The van der Waals surface area contributed by atoms with Crippen molar-refractivity contribution in [3.05, 3.63) is 29.8 Å². The van der Waals surface area contributed by atoms with Gasteiger partial charge in [0.1, 0.15) is 5.75 Å². The molecular formula is C13H20N2O2. The Labute approximate surface area is 102 Å². The lowest BCUT2D eigenvalue weighted by atomic mass is 10.1. The summed E-state index contributed by atoms with van der Waals surface area (Å²) in [5.74, 6) is 0.595. The van der Waals surface area contributed by atoms with Crippen LogP contribution in [0, 0.1) is 0 Å². The fraction of sp³-hybridized carbons (Fsp3) is 0.462. The van der Waals surface area contributed by atoms with Gasteiger partial charge in [-0.1, -0.05) is 12.1 Å². The Kier molecular flexibility index (Phi) is 5.49. The van der Waals surface area contributed by atoms with Crippen molar-refractivity contribution in [2.75, 3.05) is 13.7 Å². The van der Waals surface area contributed by atoms with Crippen LogP contribution >= 0.6 is 0 Å². The van der Waals surface area contributed by atoms with Crippen LogP contribution in [0.5, 0.6) is 5.75 Å². The van der Waals surface area contributed by atoms with E-state index in [-0.39, 0.29) is 5.91 Å². The number of hydrogen-bond donors (Lipinski definition) is 2. The maximum Gasteiger partial charge on any atom is 0.218 e. The third-order valence-corrected chi connectivity index (χ3v) is 2.57. The van der Waals surface area contributed by atoms with Gasteiger partial charge in [0, 0.05) is 19.0 Å². The lowest BCUT2D eigenvalue weighted by Crippen LogP contribution is -2.31. The first-order valence-electron chi connectivity index (χ1n) is 5.76. The second-order valence-electron chi connectivity index (χ2n) is 4.12. The molecule has 0 heterocycles. The van der Waals surface area contributed by atoms with E-state index in [0.717, 1.165) is 12.2 Å². The second kappa shape index (κ2) is 6.91. The number of carbonyl (C=O) groups excluding carboxylic acids is 1. The number of methoxy groups -OCH3 is 1. The predicted octanol–water partition coefficient (Wildman–Crippen LogP) is 1.09. The highest BCUT2D eigenvalue weighted by molar-refractivity contribution is 5.73. The third kappa shape index (κ3) is 5.36. The quantitative estimate of drug-likeness (QED) is 0.745. The molecule has 0 spiro atoms. The first kappa shape index (κ1) is 13.5. The number of benzene rings is 1. The Morgan fingerprint density at radius 2 is 2.06 bits per heavy atom. The molecule has 1 aromatic carbocycles. The molecule has 0 aliphatic heterocycles. The van der Waals surface area contributed by atoms with Gasteiger partial charge in [0.2, 0.25) is 5.91 Å². The van der Waals surface area contributed by atoms with Crippen molar-refractivity contribution in [1.29, 1.82) is 0 Å². The highest BCUT2D eigenvalue weighted by Gasteiger charge is 2.03. The molecule has 0 aromatic heterocycles. The molecule has 0 aliphatic rings. The minimum atomic E-state index is -0.269. The van der Waals surface area contributed by atoms with Crippen molar-refractivity contribution < 1.29 is 9.53 Å². The van der Waals surface area contributed by atoms with Gasteiger partial charge >= 0.3 is 0 Å². The van der Waals surface area contributed by atoms with E-state index in [1.807, 2.05) is 24.3 Å². The normalized spacial score (nSPS) is 12.1. The summed E-state index contributed by atoms with van der Waals surface area (Å²) in [6, 6.07) is 8.32. The maximum absolute atomic E-state index is 10.6. The average Bonchev–Trinajstić information content (AvgIpc) is 2.29. The van der Waals surface area contributed by atoms with Crippen molar-refractivity contribution in [2.45, 2.75) is 25.8 Å². The molecular weight excluding hydrogens is 216 g/mol. The summed E-state index contributed by atoms with van der Waals surface area (Å²) in [6.45, 7) is 2.72. The Morgan fingerprint density at radius 3 is 2.59 bits per heavy atom. The van der Waals surface area contributed by atoms with Gasteiger partial charge in [0.05, 0.1) is 7.11 Å². The number of nitrogens with two attached hydrogens (primary N) is 1. The molecule has 0 saturated heterocycles. The molecule has 0 radical (unpaired) electrons. The highest BCUT2D eigenvalue weighted by atomic mass is 16.5. The summed E-state index contributed by atoms with van der Waals surface area (Å²) < 4.78 is 5.10. The molecule has 0 saturated carbocycles. The zero-order chi connectivity index (χ0) is 12.7. The molecule has 1 rings (SSSR count). The first-order valence-corrected chi connectivity index (χ1v) is 5.76. The molecule has 1 atom stereocenters. The number of nitrogens with one attached hydrogen (secondary N) is 1. The molecule has 94 valence electrons. The van der Waals surface area contributed by atoms with Gasteiger partial charge in [-0.2, -0.15) is 0 Å². The van der Waals surface area contributed by atoms with Crippen LogP contribution in [-0.2, 0) is 11.2 Å². The number of hydrogen-bond acceptors (Lipinski definition) is 3. The minimum absolute atomic E-state index is 0.269. The van der Waals surface area contributed by atoms with Gasteiger partial charge in [0.25, 0.3) is 0 Å². The van der Waals surface area contributed by atoms with E-state index < -0.39 is 0 Å². The van der Waals surface area contributed by atoms with Crippen LogP contribution in [0.3, 0.4) is 0 Å². The van der Waals surface area contributed by atoms with Crippen molar-refractivity contribution in [3.8, 4) is 5.75 Å². The van der Waals surface area contributed by atoms with E-state index in [4.69, 9.17) is 10.5 Å². The van der Waals surface area contributed by atoms with Crippen molar-refractivity contribution in [3.63, 3.8) is 0 Å². The van der Waals surface area contributed by atoms with Crippen LogP contribution in [-0.4, -0.2) is 25.6 Å². The summed E-state index contributed by atoms with van der Waals surface area (Å²) in [5, 5.41) is 3.26. The summed E-state index contributed by atoms with van der Waals surface area (Å²) in [5.41, 5.74) is 6.31. The Bertz CT molecular complexity index is 349. The summed E-state index contributed by atoms with van der Waals surface area (Å²) >= 11 is 0. The van der Waals surface area contributed by atoms with Crippen molar-refractivity contribution in [2.24, 2.45) is 5.73 Å². The second-order valence-corrected chi connectivity index (χ2v) is 4.12. The highest BCUT2D eigenvalue weighted by Crippen LogP contribution is 2.12. The summed E-state index contributed by atoms with van der Waals surface area (Å²) in [4.78, 5) is 10.6. The van der Waals surface area contributed by atoms with Crippen LogP contribution in [0.15, 0.2) is 24.3 Å².